The Bertz CT molecular complexity index is 522. The van der Waals surface area contributed by atoms with Gasteiger partial charge in [-0.2, -0.15) is 11.3 Å². The predicted molar refractivity (Wildman–Crippen MR) is 74.8 cm³/mol. The van der Waals surface area contributed by atoms with Crippen LogP contribution < -0.4 is 4.74 Å². The summed E-state index contributed by atoms with van der Waals surface area (Å²) in [5, 5.41) is 4.57. The third-order valence-corrected chi connectivity index (χ3v) is 4.33. The summed E-state index contributed by atoms with van der Waals surface area (Å²) in [5.41, 5.74) is 3.22. The molecule has 4 heteroatoms. The molecule has 0 aliphatic carbocycles. The minimum atomic E-state index is -0.209. The molecule has 1 atom stereocenters. The molecule has 0 bridgehead atoms. The van der Waals surface area contributed by atoms with Gasteiger partial charge in [0.2, 0.25) is 0 Å². The molecule has 1 aromatic carbocycles. The maximum atomic E-state index is 6.46. The molecule has 90 valence electrons. The number of hydrogen-bond donors (Lipinski definition) is 0. The van der Waals surface area contributed by atoms with Crippen LogP contribution in [0.4, 0.5) is 0 Å². The first-order valence-electron chi connectivity index (χ1n) is 5.13. The van der Waals surface area contributed by atoms with Crippen LogP contribution in [0.1, 0.15) is 22.1 Å². The van der Waals surface area contributed by atoms with Crippen LogP contribution in [0, 0.1) is 6.92 Å². The Morgan fingerprint density at radius 3 is 2.53 bits per heavy atom. The molecule has 0 amide bonds. The van der Waals surface area contributed by atoms with E-state index in [0.29, 0.717) is 5.02 Å². The maximum absolute atomic E-state index is 6.46. The third-order valence-electron chi connectivity index (χ3n) is 2.65. The van der Waals surface area contributed by atoms with E-state index in [1.54, 1.807) is 24.5 Å². The van der Waals surface area contributed by atoms with Gasteiger partial charge >= 0.3 is 0 Å². The lowest BCUT2D eigenvalue weighted by molar-refractivity contribution is 0.414. The molecule has 0 radical (unpaired) electrons. The minimum Gasteiger partial charge on any atom is -0.497 e. The van der Waals surface area contributed by atoms with Gasteiger partial charge in [-0.05, 0) is 46.5 Å². The number of thiophene rings is 1. The Balaban J connectivity index is 2.38. The molecule has 0 aliphatic rings. The number of methoxy groups -OCH3 is 1. The molecule has 1 heterocycles. The fourth-order valence-corrected chi connectivity index (χ4v) is 3.35. The van der Waals surface area contributed by atoms with Gasteiger partial charge in [0.1, 0.15) is 5.75 Å². The highest BCUT2D eigenvalue weighted by molar-refractivity contribution is 7.08. The molecule has 0 spiro atoms. The van der Waals surface area contributed by atoms with Crippen molar-refractivity contribution >= 4 is 34.5 Å². The van der Waals surface area contributed by atoms with Crippen LogP contribution in [-0.4, -0.2) is 7.11 Å². The van der Waals surface area contributed by atoms with Crippen molar-refractivity contribution in [3.63, 3.8) is 0 Å². The molecule has 0 fully saturated rings. The van der Waals surface area contributed by atoms with Crippen LogP contribution in [0.25, 0.3) is 0 Å². The molecule has 0 aliphatic heterocycles. The number of aryl methyl sites for hydroxylation is 1. The normalized spacial score (nSPS) is 12.5. The van der Waals surface area contributed by atoms with Crippen LogP contribution in [0.3, 0.4) is 0 Å². The van der Waals surface area contributed by atoms with E-state index < -0.39 is 0 Å². The monoisotopic (exact) mass is 286 g/mol. The van der Waals surface area contributed by atoms with Crippen LogP contribution >= 0.6 is 34.5 Å². The molecule has 17 heavy (non-hydrogen) atoms. The molecule has 2 rings (SSSR count). The average Bonchev–Trinajstić information content (AvgIpc) is 2.74. The second-order valence-corrected chi connectivity index (χ2v) is 5.35. The number of rotatable bonds is 3. The van der Waals surface area contributed by atoms with Gasteiger partial charge in [0.05, 0.1) is 12.5 Å². The second kappa shape index (κ2) is 5.30. The second-order valence-electron chi connectivity index (χ2n) is 3.76. The van der Waals surface area contributed by atoms with Crippen molar-refractivity contribution in [2.45, 2.75) is 12.3 Å². The van der Waals surface area contributed by atoms with E-state index in [2.05, 4.69) is 17.7 Å². The topological polar surface area (TPSA) is 9.23 Å². The van der Waals surface area contributed by atoms with E-state index >= 15 is 0 Å². The van der Waals surface area contributed by atoms with Gasteiger partial charge in [-0.25, -0.2) is 0 Å². The fourth-order valence-electron chi connectivity index (χ4n) is 1.64. The lowest BCUT2D eigenvalue weighted by Crippen LogP contribution is -1.95. The molecule has 0 saturated heterocycles. The van der Waals surface area contributed by atoms with E-state index in [9.17, 15) is 0 Å². The van der Waals surface area contributed by atoms with Gasteiger partial charge in [0, 0.05) is 5.02 Å². The first-order chi connectivity index (χ1) is 8.13. The van der Waals surface area contributed by atoms with Crippen molar-refractivity contribution in [1.82, 2.24) is 0 Å². The highest BCUT2D eigenvalue weighted by Crippen LogP contribution is 2.37. The van der Waals surface area contributed by atoms with Gasteiger partial charge in [0.25, 0.3) is 0 Å². The van der Waals surface area contributed by atoms with Crippen LogP contribution in [0.15, 0.2) is 29.0 Å². The van der Waals surface area contributed by atoms with Crippen molar-refractivity contribution in [1.29, 1.82) is 0 Å². The summed E-state index contributed by atoms with van der Waals surface area (Å²) >= 11 is 14.3. The highest BCUT2D eigenvalue weighted by Gasteiger charge is 2.17. The largest absolute Gasteiger partial charge is 0.497 e. The molecule has 0 saturated carbocycles. The Labute approximate surface area is 115 Å². The first kappa shape index (κ1) is 12.7. The van der Waals surface area contributed by atoms with Gasteiger partial charge in [-0.1, -0.05) is 17.7 Å². The summed E-state index contributed by atoms with van der Waals surface area (Å²) in [6.45, 7) is 2.05. The zero-order valence-electron chi connectivity index (χ0n) is 9.54. The molecule has 0 N–H and O–H groups in total. The van der Waals surface area contributed by atoms with Crippen molar-refractivity contribution < 1.29 is 4.74 Å². The summed E-state index contributed by atoms with van der Waals surface area (Å²) in [4.78, 5) is 0. The minimum absolute atomic E-state index is 0.209. The number of hydrogen-bond acceptors (Lipinski definition) is 2. The standard InChI is InChI=1S/C13H12Cl2OS/c1-8-6-17-7-11(8)13(15)10-4-3-9(16-2)5-12(10)14/h3-7,13H,1-2H3. The molecular weight excluding hydrogens is 275 g/mol. The molecule has 1 nitrogen and oxygen atoms in total. The fraction of sp³-hybridized carbons (Fsp3) is 0.231. The van der Waals surface area contributed by atoms with Crippen LogP contribution in [-0.2, 0) is 0 Å². The number of halogens is 2. The van der Waals surface area contributed by atoms with E-state index in [1.807, 2.05) is 12.1 Å². The first-order valence-corrected chi connectivity index (χ1v) is 6.89. The predicted octanol–water partition coefficient (Wildman–Crippen LogP) is 5.05. The SMILES string of the molecule is COc1ccc(C(Cl)c2cscc2C)c(Cl)c1. The quantitative estimate of drug-likeness (QED) is 0.718. The Morgan fingerprint density at radius 2 is 2.00 bits per heavy atom. The smallest absolute Gasteiger partial charge is 0.120 e. The zero-order chi connectivity index (χ0) is 12.4. The molecule has 2 aromatic rings. The van der Waals surface area contributed by atoms with E-state index in [-0.39, 0.29) is 5.38 Å². The van der Waals surface area contributed by atoms with Gasteiger partial charge < -0.3 is 4.74 Å². The van der Waals surface area contributed by atoms with Gasteiger partial charge in [-0.15, -0.1) is 11.6 Å². The van der Waals surface area contributed by atoms with Crippen LogP contribution in [0.2, 0.25) is 5.02 Å². The molecule has 1 unspecified atom stereocenters. The van der Waals surface area contributed by atoms with Crippen LogP contribution in [0.5, 0.6) is 5.75 Å². The Morgan fingerprint density at radius 1 is 1.24 bits per heavy atom. The number of ether oxygens (including phenoxy) is 1. The number of alkyl halides is 1. The summed E-state index contributed by atoms with van der Waals surface area (Å²) in [7, 11) is 1.62. The van der Waals surface area contributed by atoms with Crippen molar-refractivity contribution in [3.8, 4) is 5.75 Å². The van der Waals surface area contributed by atoms with Crippen molar-refractivity contribution in [2.24, 2.45) is 0 Å². The van der Waals surface area contributed by atoms with E-state index in [1.165, 1.54) is 5.56 Å². The summed E-state index contributed by atoms with van der Waals surface area (Å²) < 4.78 is 5.12. The summed E-state index contributed by atoms with van der Waals surface area (Å²) in [6.07, 6.45) is 0. The Kier molecular flexibility index (Phi) is 3.97. The lowest BCUT2D eigenvalue weighted by atomic mass is 10.0. The van der Waals surface area contributed by atoms with Crippen molar-refractivity contribution in [2.75, 3.05) is 7.11 Å². The molecular formula is C13H12Cl2OS. The van der Waals surface area contributed by atoms with E-state index in [4.69, 9.17) is 27.9 Å². The molecule has 1 aromatic heterocycles. The Hall–Kier alpha value is -0.700. The number of benzene rings is 1. The average molecular weight is 287 g/mol. The van der Waals surface area contributed by atoms with E-state index in [0.717, 1.165) is 16.9 Å². The highest BCUT2D eigenvalue weighted by atomic mass is 35.5. The maximum Gasteiger partial charge on any atom is 0.120 e. The third kappa shape index (κ3) is 2.59. The van der Waals surface area contributed by atoms with Crippen molar-refractivity contribution in [3.05, 3.63) is 50.7 Å². The lowest BCUT2D eigenvalue weighted by Gasteiger charge is -2.12. The van der Waals surface area contributed by atoms with Gasteiger partial charge in [0.15, 0.2) is 0 Å². The summed E-state index contributed by atoms with van der Waals surface area (Å²) in [5.74, 6) is 0.740. The van der Waals surface area contributed by atoms with Gasteiger partial charge in [-0.3, -0.25) is 0 Å². The zero-order valence-corrected chi connectivity index (χ0v) is 11.9. The summed E-state index contributed by atoms with van der Waals surface area (Å²) in [6, 6.07) is 5.57.